The third-order valence-corrected chi connectivity index (χ3v) is 3.16. The summed E-state index contributed by atoms with van der Waals surface area (Å²) in [5.74, 6) is 0.855. The molecule has 0 aliphatic heterocycles. The van der Waals surface area contributed by atoms with Crippen molar-refractivity contribution in [3.8, 4) is 17.6 Å². The first-order valence-electron chi connectivity index (χ1n) is 6.30. The monoisotopic (exact) mass is 295 g/mol. The number of hydrogen-bond acceptors (Lipinski definition) is 4. The van der Waals surface area contributed by atoms with Gasteiger partial charge in [0.05, 0.1) is 30.2 Å². The van der Waals surface area contributed by atoms with Gasteiger partial charge in [-0.15, -0.1) is 0 Å². The van der Waals surface area contributed by atoms with Crippen LogP contribution in [0.2, 0.25) is 5.02 Å². The second-order valence-corrected chi connectivity index (χ2v) is 5.51. The molecule has 1 rings (SSSR count). The highest BCUT2D eigenvalue weighted by atomic mass is 35.5. The van der Waals surface area contributed by atoms with Crippen LogP contribution in [0.5, 0.6) is 11.5 Å². The highest BCUT2D eigenvalue weighted by Gasteiger charge is 2.17. The fraction of sp³-hybridized carbons (Fsp3) is 0.467. The summed E-state index contributed by atoms with van der Waals surface area (Å²) in [6, 6.07) is 5.35. The minimum Gasteiger partial charge on any atom is -0.493 e. The topological polar surface area (TPSA) is 59.3 Å². The minimum absolute atomic E-state index is 0.339. The van der Waals surface area contributed by atoms with Gasteiger partial charge in [-0.3, -0.25) is 4.79 Å². The molecule has 0 amide bonds. The maximum atomic E-state index is 10.8. The number of carbonyl (C=O) groups excluding carboxylic acids is 1. The molecule has 0 aliphatic carbocycles. The second kappa shape index (κ2) is 7.16. The van der Waals surface area contributed by atoms with E-state index in [2.05, 4.69) is 6.07 Å². The number of carbonyl (C=O) groups is 1. The number of halogens is 1. The van der Waals surface area contributed by atoms with E-state index in [0.717, 1.165) is 12.8 Å². The van der Waals surface area contributed by atoms with Crippen molar-refractivity contribution >= 4 is 17.9 Å². The summed E-state index contributed by atoms with van der Waals surface area (Å²) in [5, 5.41) is 9.27. The Morgan fingerprint density at radius 1 is 1.45 bits per heavy atom. The van der Waals surface area contributed by atoms with E-state index >= 15 is 0 Å². The lowest BCUT2D eigenvalue weighted by Crippen LogP contribution is -2.10. The highest BCUT2D eigenvalue weighted by molar-refractivity contribution is 6.32. The van der Waals surface area contributed by atoms with Crippen LogP contribution >= 0.6 is 11.6 Å². The summed E-state index contributed by atoms with van der Waals surface area (Å²) in [6.45, 7) is 4.21. The van der Waals surface area contributed by atoms with Gasteiger partial charge in [0.1, 0.15) is 6.29 Å². The van der Waals surface area contributed by atoms with E-state index in [9.17, 15) is 4.79 Å². The predicted octanol–water partition coefficient (Wildman–Crippen LogP) is 3.87. The molecule has 0 unspecified atom stereocenters. The fourth-order valence-corrected chi connectivity index (χ4v) is 1.97. The summed E-state index contributed by atoms with van der Waals surface area (Å²) in [4.78, 5) is 10.8. The van der Waals surface area contributed by atoms with Crippen LogP contribution < -0.4 is 9.47 Å². The number of rotatable bonds is 7. The third kappa shape index (κ3) is 4.43. The number of ether oxygens (including phenoxy) is 2. The molecule has 108 valence electrons. The molecule has 0 aromatic heterocycles. The van der Waals surface area contributed by atoms with Gasteiger partial charge in [-0.2, -0.15) is 5.26 Å². The lowest BCUT2D eigenvalue weighted by Gasteiger charge is -2.16. The van der Waals surface area contributed by atoms with Gasteiger partial charge in [-0.1, -0.05) is 11.6 Å². The molecule has 1 aromatic carbocycles. The quantitative estimate of drug-likeness (QED) is 0.566. The van der Waals surface area contributed by atoms with Crippen LogP contribution in [0.25, 0.3) is 0 Å². The average Bonchev–Trinajstić information content (AvgIpc) is 2.44. The average molecular weight is 296 g/mol. The normalized spacial score (nSPS) is 10.8. The van der Waals surface area contributed by atoms with Crippen LogP contribution in [0.3, 0.4) is 0 Å². The van der Waals surface area contributed by atoms with E-state index in [1.807, 2.05) is 13.8 Å². The number of benzene rings is 1. The van der Waals surface area contributed by atoms with E-state index in [0.29, 0.717) is 35.0 Å². The molecule has 0 heterocycles. The molecule has 0 saturated heterocycles. The van der Waals surface area contributed by atoms with Gasteiger partial charge in [-0.25, -0.2) is 0 Å². The number of aldehydes is 1. The highest BCUT2D eigenvalue weighted by Crippen LogP contribution is 2.36. The summed E-state index contributed by atoms with van der Waals surface area (Å²) >= 11 is 6.07. The predicted molar refractivity (Wildman–Crippen MR) is 77.5 cm³/mol. The molecule has 0 aliphatic rings. The Kier molecular flexibility index (Phi) is 5.84. The summed E-state index contributed by atoms with van der Waals surface area (Å²) < 4.78 is 10.8. The van der Waals surface area contributed by atoms with Crippen LogP contribution in [0.4, 0.5) is 0 Å². The molecule has 0 atom stereocenters. The smallest absolute Gasteiger partial charge is 0.179 e. The van der Waals surface area contributed by atoms with Crippen molar-refractivity contribution in [2.45, 2.75) is 26.7 Å². The van der Waals surface area contributed by atoms with Crippen molar-refractivity contribution in [2.75, 3.05) is 13.7 Å². The van der Waals surface area contributed by atoms with Crippen molar-refractivity contribution in [3.05, 3.63) is 22.7 Å². The first-order chi connectivity index (χ1) is 9.43. The zero-order valence-electron chi connectivity index (χ0n) is 11.9. The Morgan fingerprint density at radius 3 is 2.70 bits per heavy atom. The van der Waals surface area contributed by atoms with Crippen LogP contribution in [0, 0.1) is 16.7 Å². The minimum atomic E-state index is -0.362. The third-order valence-electron chi connectivity index (χ3n) is 2.88. The van der Waals surface area contributed by atoms with E-state index < -0.39 is 0 Å². The second-order valence-electron chi connectivity index (χ2n) is 5.10. The zero-order chi connectivity index (χ0) is 15.2. The zero-order valence-corrected chi connectivity index (χ0v) is 12.7. The first-order valence-corrected chi connectivity index (χ1v) is 6.68. The number of nitriles is 1. The van der Waals surface area contributed by atoms with Crippen molar-refractivity contribution in [1.29, 1.82) is 5.26 Å². The van der Waals surface area contributed by atoms with Gasteiger partial charge in [0.25, 0.3) is 0 Å². The van der Waals surface area contributed by atoms with Crippen LogP contribution in [0.1, 0.15) is 37.0 Å². The molecular formula is C15H18ClNO3. The van der Waals surface area contributed by atoms with E-state index in [1.54, 1.807) is 6.07 Å². The molecule has 20 heavy (non-hydrogen) atoms. The van der Waals surface area contributed by atoms with Gasteiger partial charge in [-0.05, 0) is 38.8 Å². The lowest BCUT2D eigenvalue weighted by molar-refractivity contribution is 0.112. The van der Waals surface area contributed by atoms with Crippen LogP contribution in [-0.4, -0.2) is 20.0 Å². The molecule has 0 radical (unpaired) electrons. The molecule has 4 nitrogen and oxygen atoms in total. The Labute approximate surface area is 124 Å². The Morgan fingerprint density at radius 2 is 2.15 bits per heavy atom. The first kappa shape index (κ1) is 16.3. The summed E-state index contributed by atoms with van der Waals surface area (Å²) in [7, 11) is 1.49. The van der Waals surface area contributed by atoms with Gasteiger partial charge < -0.3 is 9.47 Å². The molecule has 5 heteroatoms. The van der Waals surface area contributed by atoms with Gasteiger partial charge in [0.2, 0.25) is 0 Å². The lowest BCUT2D eigenvalue weighted by atomic mass is 9.90. The maximum Gasteiger partial charge on any atom is 0.179 e. The van der Waals surface area contributed by atoms with E-state index in [-0.39, 0.29) is 5.41 Å². The van der Waals surface area contributed by atoms with Crippen LogP contribution in [-0.2, 0) is 0 Å². The van der Waals surface area contributed by atoms with E-state index in [1.165, 1.54) is 13.2 Å². The molecule has 1 aromatic rings. The van der Waals surface area contributed by atoms with Crippen molar-refractivity contribution in [1.82, 2.24) is 0 Å². The number of nitrogens with zero attached hydrogens (tertiary/aromatic N) is 1. The summed E-state index contributed by atoms with van der Waals surface area (Å²) in [6.07, 6.45) is 2.17. The number of methoxy groups -OCH3 is 1. The SMILES string of the molecule is COc1cc(C=O)cc(Cl)c1OCCCC(C)(C)C#N. The standard InChI is InChI=1S/C15H18ClNO3/c1-15(2,10-17)5-4-6-20-14-12(16)7-11(9-18)8-13(14)19-3/h7-9H,4-6H2,1-3H3. The number of hydrogen-bond donors (Lipinski definition) is 0. The van der Waals surface area contributed by atoms with Gasteiger partial charge in [0.15, 0.2) is 11.5 Å². The summed E-state index contributed by atoms with van der Waals surface area (Å²) in [5.41, 5.74) is 0.0725. The molecule has 0 saturated carbocycles. The molecule has 0 spiro atoms. The van der Waals surface area contributed by atoms with Crippen molar-refractivity contribution < 1.29 is 14.3 Å². The molecule has 0 N–H and O–H groups in total. The maximum absolute atomic E-state index is 10.8. The van der Waals surface area contributed by atoms with Crippen molar-refractivity contribution in [3.63, 3.8) is 0 Å². The Bertz CT molecular complexity index is 521. The van der Waals surface area contributed by atoms with E-state index in [4.69, 9.17) is 26.3 Å². The molecular weight excluding hydrogens is 278 g/mol. The Balaban J connectivity index is 2.69. The van der Waals surface area contributed by atoms with Crippen molar-refractivity contribution in [2.24, 2.45) is 5.41 Å². The van der Waals surface area contributed by atoms with Crippen LogP contribution in [0.15, 0.2) is 12.1 Å². The Hall–Kier alpha value is -1.73. The fourth-order valence-electron chi connectivity index (χ4n) is 1.69. The molecule has 0 fully saturated rings. The molecule has 0 bridgehead atoms. The largest absolute Gasteiger partial charge is 0.493 e. The van der Waals surface area contributed by atoms with Gasteiger partial charge >= 0.3 is 0 Å². The van der Waals surface area contributed by atoms with Gasteiger partial charge in [0, 0.05) is 5.56 Å².